The standard InChI is InChI=1S/C16H23NO3/c1-2-6-16(19)17-15-10-8-14(9-11-15)7-4-3-5-12-20-13-18/h8-11,13H,2-7,12H2,1H3,(H,17,19). The number of unbranched alkanes of at least 4 members (excludes halogenated alkanes) is 2. The first-order valence-corrected chi connectivity index (χ1v) is 7.20. The van der Waals surface area contributed by atoms with Crippen molar-refractivity contribution in [2.24, 2.45) is 0 Å². The van der Waals surface area contributed by atoms with Gasteiger partial charge in [-0.1, -0.05) is 19.1 Å². The number of rotatable bonds is 10. The minimum Gasteiger partial charge on any atom is -0.468 e. The molecule has 0 aliphatic carbocycles. The molecular formula is C16H23NO3. The third-order valence-electron chi connectivity index (χ3n) is 3.01. The van der Waals surface area contributed by atoms with Gasteiger partial charge in [-0.25, -0.2) is 0 Å². The number of benzene rings is 1. The molecule has 4 heteroatoms. The molecule has 0 aromatic heterocycles. The van der Waals surface area contributed by atoms with Gasteiger partial charge in [0, 0.05) is 12.1 Å². The molecule has 0 heterocycles. The van der Waals surface area contributed by atoms with E-state index in [1.54, 1.807) is 0 Å². The van der Waals surface area contributed by atoms with Gasteiger partial charge in [0.15, 0.2) is 0 Å². The molecule has 0 saturated carbocycles. The predicted molar refractivity (Wildman–Crippen MR) is 79.6 cm³/mol. The Hall–Kier alpha value is -1.84. The zero-order valence-electron chi connectivity index (χ0n) is 12.1. The highest BCUT2D eigenvalue weighted by Crippen LogP contribution is 2.12. The SMILES string of the molecule is CCCC(=O)Nc1ccc(CCCCCOC=O)cc1. The van der Waals surface area contributed by atoms with Crippen LogP contribution in [0.4, 0.5) is 5.69 Å². The second kappa shape index (κ2) is 10.0. The van der Waals surface area contributed by atoms with Crippen molar-refractivity contribution in [3.8, 4) is 0 Å². The Labute approximate surface area is 120 Å². The van der Waals surface area contributed by atoms with Crippen molar-refractivity contribution < 1.29 is 14.3 Å². The summed E-state index contributed by atoms with van der Waals surface area (Å²) in [5.41, 5.74) is 2.11. The van der Waals surface area contributed by atoms with E-state index in [1.165, 1.54) is 5.56 Å². The number of anilines is 1. The monoisotopic (exact) mass is 277 g/mol. The summed E-state index contributed by atoms with van der Waals surface area (Å²) in [6.45, 7) is 2.99. The Morgan fingerprint density at radius 2 is 1.95 bits per heavy atom. The first-order chi connectivity index (χ1) is 9.76. The van der Waals surface area contributed by atoms with Gasteiger partial charge in [-0.05, 0) is 49.8 Å². The van der Waals surface area contributed by atoms with E-state index in [0.29, 0.717) is 19.5 Å². The van der Waals surface area contributed by atoms with Crippen LogP contribution < -0.4 is 5.32 Å². The summed E-state index contributed by atoms with van der Waals surface area (Å²) in [5.74, 6) is 0.0652. The molecule has 1 aromatic rings. The maximum atomic E-state index is 11.4. The van der Waals surface area contributed by atoms with Crippen molar-refractivity contribution in [3.05, 3.63) is 29.8 Å². The lowest BCUT2D eigenvalue weighted by molar-refractivity contribution is -0.128. The van der Waals surface area contributed by atoms with Crippen molar-refractivity contribution in [1.29, 1.82) is 0 Å². The van der Waals surface area contributed by atoms with Crippen molar-refractivity contribution in [1.82, 2.24) is 0 Å². The Morgan fingerprint density at radius 3 is 2.60 bits per heavy atom. The molecule has 0 spiro atoms. The third-order valence-corrected chi connectivity index (χ3v) is 3.01. The van der Waals surface area contributed by atoms with Crippen LogP contribution in [0.25, 0.3) is 0 Å². The Kier molecular flexibility index (Phi) is 8.11. The molecule has 1 aromatic carbocycles. The first-order valence-electron chi connectivity index (χ1n) is 7.20. The van der Waals surface area contributed by atoms with E-state index in [1.807, 2.05) is 31.2 Å². The smallest absolute Gasteiger partial charge is 0.293 e. The van der Waals surface area contributed by atoms with Crippen molar-refractivity contribution in [2.75, 3.05) is 11.9 Å². The highest BCUT2D eigenvalue weighted by atomic mass is 16.5. The fraction of sp³-hybridized carbons (Fsp3) is 0.500. The van der Waals surface area contributed by atoms with Crippen LogP contribution in [0.5, 0.6) is 0 Å². The van der Waals surface area contributed by atoms with E-state index in [0.717, 1.165) is 37.8 Å². The Bertz CT molecular complexity index is 401. The molecule has 0 aliphatic heterocycles. The van der Waals surface area contributed by atoms with E-state index >= 15 is 0 Å². The lowest BCUT2D eigenvalue weighted by Gasteiger charge is -2.06. The molecule has 110 valence electrons. The van der Waals surface area contributed by atoms with Crippen molar-refractivity contribution >= 4 is 18.1 Å². The average Bonchev–Trinajstić information content (AvgIpc) is 2.45. The number of hydrogen-bond donors (Lipinski definition) is 1. The molecule has 0 radical (unpaired) electrons. The highest BCUT2D eigenvalue weighted by molar-refractivity contribution is 5.90. The summed E-state index contributed by atoms with van der Waals surface area (Å²) in [6, 6.07) is 7.98. The molecule has 1 amide bonds. The lowest BCUT2D eigenvalue weighted by atomic mass is 10.1. The summed E-state index contributed by atoms with van der Waals surface area (Å²) in [4.78, 5) is 21.4. The predicted octanol–water partition coefficient (Wildman–Crippen LogP) is 3.31. The van der Waals surface area contributed by atoms with Crippen LogP contribution in [0, 0.1) is 0 Å². The topological polar surface area (TPSA) is 55.4 Å². The molecule has 0 aliphatic rings. The minimum atomic E-state index is 0.0652. The van der Waals surface area contributed by atoms with Gasteiger partial charge in [-0.2, -0.15) is 0 Å². The summed E-state index contributed by atoms with van der Waals surface area (Å²) in [5, 5.41) is 2.87. The highest BCUT2D eigenvalue weighted by Gasteiger charge is 2.00. The molecule has 1 N–H and O–H groups in total. The summed E-state index contributed by atoms with van der Waals surface area (Å²) >= 11 is 0. The molecule has 0 atom stereocenters. The number of carbonyl (C=O) groups excluding carboxylic acids is 2. The van der Waals surface area contributed by atoms with E-state index in [2.05, 4.69) is 10.1 Å². The first kappa shape index (κ1) is 16.2. The van der Waals surface area contributed by atoms with Crippen LogP contribution in [0.2, 0.25) is 0 Å². The van der Waals surface area contributed by atoms with Crippen LogP contribution in [-0.4, -0.2) is 19.0 Å². The second-order valence-electron chi connectivity index (χ2n) is 4.77. The van der Waals surface area contributed by atoms with Crippen LogP contribution >= 0.6 is 0 Å². The zero-order chi connectivity index (χ0) is 14.6. The number of amides is 1. The second-order valence-corrected chi connectivity index (χ2v) is 4.77. The third kappa shape index (κ3) is 6.92. The number of nitrogens with one attached hydrogen (secondary N) is 1. The molecule has 0 fully saturated rings. The maximum Gasteiger partial charge on any atom is 0.293 e. The van der Waals surface area contributed by atoms with Crippen LogP contribution in [-0.2, 0) is 20.7 Å². The number of aryl methyl sites for hydroxylation is 1. The van der Waals surface area contributed by atoms with Gasteiger partial charge in [0.25, 0.3) is 6.47 Å². The fourth-order valence-corrected chi connectivity index (χ4v) is 1.94. The molecule has 4 nitrogen and oxygen atoms in total. The van der Waals surface area contributed by atoms with E-state index in [-0.39, 0.29) is 5.91 Å². The van der Waals surface area contributed by atoms with Crippen molar-refractivity contribution in [3.63, 3.8) is 0 Å². The normalized spacial score (nSPS) is 10.1. The summed E-state index contributed by atoms with van der Waals surface area (Å²) in [7, 11) is 0. The van der Waals surface area contributed by atoms with Gasteiger partial charge in [0.1, 0.15) is 0 Å². The van der Waals surface area contributed by atoms with Gasteiger partial charge in [-0.3, -0.25) is 9.59 Å². The quantitative estimate of drug-likeness (QED) is 0.527. The molecule has 0 unspecified atom stereocenters. The molecule has 20 heavy (non-hydrogen) atoms. The van der Waals surface area contributed by atoms with Gasteiger partial charge in [0.2, 0.25) is 5.91 Å². The maximum absolute atomic E-state index is 11.4. The van der Waals surface area contributed by atoms with E-state index in [9.17, 15) is 9.59 Å². The minimum absolute atomic E-state index is 0.0652. The summed E-state index contributed by atoms with van der Waals surface area (Å²) in [6.07, 6.45) is 5.45. The summed E-state index contributed by atoms with van der Waals surface area (Å²) < 4.78 is 4.64. The van der Waals surface area contributed by atoms with Crippen LogP contribution in [0.1, 0.15) is 44.6 Å². The van der Waals surface area contributed by atoms with E-state index in [4.69, 9.17) is 0 Å². The number of hydrogen-bond acceptors (Lipinski definition) is 3. The Balaban J connectivity index is 2.24. The van der Waals surface area contributed by atoms with Crippen LogP contribution in [0.3, 0.4) is 0 Å². The zero-order valence-corrected chi connectivity index (χ0v) is 12.1. The largest absolute Gasteiger partial charge is 0.468 e. The van der Waals surface area contributed by atoms with E-state index < -0.39 is 0 Å². The molecular weight excluding hydrogens is 254 g/mol. The van der Waals surface area contributed by atoms with Gasteiger partial charge < -0.3 is 10.1 Å². The number of carbonyl (C=O) groups is 2. The van der Waals surface area contributed by atoms with Crippen LogP contribution in [0.15, 0.2) is 24.3 Å². The number of ether oxygens (including phenoxy) is 1. The van der Waals surface area contributed by atoms with Gasteiger partial charge >= 0.3 is 0 Å². The average molecular weight is 277 g/mol. The van der Waals surface area contributed by atoms with Gasteiger partial charge in [-0.15, -0.1) is 0 Å². The lowest BCUT2D eigenvalue weighted by Crippen LogP contribution is -2.10. The Morgan fingerprint density at radius 1 is 1.20 bits per heavy atom. The molecule has 0 saturated heterocycles. The van der Waals surface area contributed by atoms with Gasteiger partial charge in [0.05, 0.1) is 6.61 Å². The fourth-order valence-electron chi connectivity index (χ4n) is 1.94. The molecule has 1 rings (SSSR count). The molecule has 0 bridgehead atoms. The van der Waals surface area contributed by atoms with Crippen molar-refractivity contribution in [2.45, 2.75) is 45.4 Å².